The van der Waals surface area contributed by atoms with E-state index >= 15 is 0 Å². The molecule has 0 saturated carbocycles. The van der Waals surface area contributed by atoms with Gasteiger partial charge in [0.15, 0.2) is 0 Å². The number of aromatic nitrogens is 1. The van der Waals surface area contributed by atoms with E-state index in [9.17, 15) is 14.7 Å². The number of aryl methyl sites for hydroxylation is 2. The molecule has 1 fully saturated rings. The van der Waals surface area contributed by atoms with Crippen molar-refractivity contribution < 1.29 is 14.7 Å². The molecule has 1 unspecified atom stereocenters. The molecule has 1 aliphatic rings. The number of carbonyl (C=O) groups is 2. The van der Waals surface area contributed by atoms with Gasteiger partial charge >= 0.3 is 0 Å². The van der Waals surface area contributed by atoms with E-state index in [-0.39, 0.29) is 11.3 Å². The fourth-order valence-corrected chi connectivity index (χ4v) is 3.74. The molecule has 144 valence electrons. The van der Waals surface area contributed by atoms with E-state index in [1.807, 2.05) is 62.4 Å². The van der Waals surface area contributed by atoms with Crippen LogP contribution < -0.4 is 4.90 Å². The number of pyridine rings is 1. The number of hydrogen-bond acceptors (Lipinski definition) is 4. The van der Waals surface area contributed by atoms with Crippen LogP contribution in [0.3, 0.4) is 0 Å². The summed E-state index contributed by atoms with van der Waals surface area (Å²) >= 11 is 0. The summed E-state index contributed by atoms with van der Waals surface area (Å²) in [5.41, 5.74) is 3.81. The summed E-state index contributed by atoms with van der Waals surface area (Å²) in [5.74, 6) is -1.55. The molecular formula is C24H20N2O3. The number of amides is 1. The highest BCUT2D eigenvalue weighted by molar-refractivity contribution is 6.51. The van der Waals surface area contributed by atoms with E-state index < -0.39 is 17.7 Å². The molecule has 5 nitrogen and oxygen atoms in total. The fraction of sp³-hybridized carbons (Fsp3) is 0.125. The number of aliphatic hydroxyl groups is 1. The molecule has 0 spiro atoms. The summed E-state index contributed by atoms with van der Waals surface area (Å²) in [5, 5.41) is 11.0. The van der Waals surface area contributed by atoms with Crippen LogP contribution in [0.25, 0.3) is 5.76 Å². The van der Waals surface area contributed by atoms with Crippen LogP contribution in [-0.4, -0.2) is 21.8 Å². The van der Waals surface area contributed by atoms with Crippen molar-refractivity contribution in [3.63, 3.8) is 0 Å². The Labute approximate surface area is 169 Å². The van der Waals surface area contributed by atoms with Gasteiger partial charge in [-0.15, -0.1) is 0 Å². The third kappa shape index (κ3) is 3.21. The molecule has 0 aliphatic carbocycles. The van der Waals surface area contributed by atoms with Crippen molar-refractivity contribution in [2.24, 2.45) is 0 Å². The first-order valence-electron chi connectivity index (χ1n) is 9.32. The maximum absolute atomic E-state index is 13.1. The summed E-state index contributed by atoms with van der Waals surface area (Å²) in [6, 6.07) is 17.6. The topological polar surface area (TPSA) is 70.5 Å². The monoisotopic (exact) mass is 384 g/mol. The first kappa shape index (κ1) is 18.6. The SMILES string of the molecule is Cc1cccc(C2/C(=C(/O)c3ccncc3)C(=O)C(=O)N2c2ccccc2C)c1. The molecule has 2 aromatic carbocycles. The minimum absolute atomic E-state index is 0.0788. The second-order valence-electron chi connectivity index (χ2n) is 7.11. The molecule has 29 heavy (non-hydrogen) atoms. The maximum atomic E-state index is 13.1. The number of hydrogen-bond donors (Lipinski definition) is 1. The number of nitrogens with zero attached hydrogens (tertiary/aromatic N) is 2. The van der Waals surface area contributed by atoms with Crippen LogP contribution in [-0.2, 0) is 9.59 Å². The highest BCUT2D eigenvalue weighted by Crippen LogP contribution is 2.43. The average molecular weight is 384 g/mol. The predicted molar refractivity (Wildman–Crippen MR) is 111 cm³/mol. The molecule has 1 atom stereocenters. The van der Waals surface area contributed by atoms with Gasteiger partial charge in [0.2, 0.25) is 0 Å². The van der Waals surface area contributed by atoms with Crippen LogP contribution in [0.15, 0.2) is 78.6 Å². The molecule has 0 bridgehead atoms. The predicted octanol–water partition coefficient (Wildman–Crippen LogP) is 4.32. The van der Waals surface area contributed by atoms with Gasteiger partial charge in [0.1, 0.15) is 5.76 Å². The normalized spacial score (nSPS) is 18.3. The Morgan fingerprint density at radius 1 is 0.966 bits per heavy atom. The molecule has 3 aromatic rings. The quantitative estimate of drug-likeness (QED) is 0.415. The van der Waals surface area contributed by atoms with Crippen molar-refractivity contribution in [2.45, 2.75) is 19.9 Å². The Balaban J connectivity index is 1.99. The molecular weight excluding hydrogens is 364 g/mol. The highest BCUT2D eigenvalue weighted by atomic mass is 16.3. The van der Waals surface area contributed by atoms with Gasteiger partial charge < -0.3 is 5.11 Å². The molecule has 2 heterocycles. The Bertz CT molecular complexity index is 1140. The van der Waals surface area contributed by atoms with Gasteiger partial charge in [0, 0.05) is 23.6 Å². The van der Waals surface area contributed by atoms with Crippen LogP contribution in [0, 0.1) is 13.8 Å². The molecule has 1 aliphatic heterocycles. The number of ketones is 1. The lowest BCUT2D eigenvalue weighted by atomic mass is 9.94. The van der Waals surface area contributed by atoms with E-state index in [1.165, 1.54) is 17.3 Å². The third-order valence-electron chi connectivity index (χ3n) is 5.13. The number of Topliss-reactive ketones (excluding diaryl/α,β-unsaturated/α-hetero) is 1. The summed E-state index contributed by atoms with van der Waals surface area (Å²) < 4.78 is 0. The minimum atomic E-state index is -0.718. The number of para-hydroxylation sites is 1. The zero-order valence-corrected chi connectivity index (χ0v) is 16.2. The molecule has 1 saturated heterocycles. The van der Waals surface area contributed by atoms with E-state index in [2.05, 4.69) is 4.98 Å². The summed E-state index contributed by atoms with van der Waals surface area (Å²) in [4.78, 5) is 31.6. The number of anilines is 1. The molecule has 4 rings (SSSR count). The van der Waals surface area contributed by atoms with Crippen molar-refractivity contribution >= 4 is 23.1 Å². The number of benzene rings is 2. The number of rotatable bonds is 3. The largest absolute Gasteiger partial charge is 0.507 e. The smallest absolute Gasteiger partial charge is 0.300 e. The van der Waals surface area contributed by atoms with Crippen molar-refractivity contribution in [1.29, 1.82) is 0 Å². The highest BCUT2D eigenvalue weighted by Gasteiger charge is 2.47. The molecule has 0 radical (unpaired) electrons. The zero-order chi connectivity index (χ0) is 20.5. The first-order valence-corrected chi connectivity index (χ1v) is 9.32. The van der Waals surface area contributed by atoms with E-state index in [4.69, 9.17) is 0 Å². The van der Waals surface area contributed by atoms with Crippen LogP contribution >= 0.6 is 0 Å². The van der Waals surface area contributed by atoms with Crippen LogP contribution in [0.2, 0.25) is 0 Å². The van der Waals surface area contributed by atoms with E-state index in [0.29, 0.717) is 11.3 Å². The standard InChI is InChI=1S/C24H20N2O3/c1-15-6-5-8-18(14-15)21-20(22(27)17-10-12-25-13-11-17)23(28)24(29)26(21)19-9-4-3-7-16(19)2/h3-14,21,27H,1-2H3/b22-20-. The fourth-order valence-electron chi connectivity index (χ4n) is 3.74. The second kappa shape index (κ2) is 7.36. The molecule has 1 aromatic heterocycles. The second-order valence-corrected chi connectivity index (χ2v) is 7.11. The van der Waals surface area contributed by atoms with Crippen molar-refractivity contribution in [3.05, 3.63) is 101 Å². The van der Waals surface area contributed by atoms with Gasteiger partial charge in [-0.05, 0) is 43.2 Å². The lowest BCUT2D eigenvalue weighted by molar-refractivity contribution is -0.132. The van der Waals surface area contributed by atoms with Gasteiger partial charge in [-0.1, -0.05) is 48.0 Å². The zero-order valence-electron chi connectivity index (χ0n) is 16.2. The molecule has 1 N–H and O–H groups in total. The lowest BCUT2D eigenvalue weighted by Gasteiger charge is -2.27. The van der Waals surface area contributed by atoms with Crippen LogP contribution in [0.5, 0.6) is 0 Å². The average Bonchev–Trinajstić information content (AvgIpc) is 2.99. The summed E-state index contributed by atoms with van der Waals surface area (Å²) in [7, 11) is 0. The Hall–Kier alpha value is -3.73. The summed E-state index contributed by atoms with van der Waals surface area (Å²) in [6.45, 7) is 3.84. The minimum Gasteiger partial charge on any atom is -0.507 e. The number of aliphatic hydroxyl groups excluding tert-OH is 1. The van der Waals surface area contributed by atoms with Crippen LogP contribution in [0.4, 0.5) is 5.69 Å². The van der Waals surface area contributed by atoms with Crippen LogP contribution in [0.1, 0.15) is 28.3 Å². The van der Waals surface area contributed by atoms with Gasteiger partial charge in [0.25, 0.3) is 11.7 Å². The van der Waals surface area contributed by atoms with Crippen molar-refractivity contribution in [3.8, 4) is 0 Å². The Morgan fingerprint density at radius 2 is 1.69 bits per heavy atom. The third-order valence-corrected chi connectivity index (χ3v) is 5.13. The summed E-state index contributed by atoms with van der Waals surface area (Å²) in [6.07, 6.45) is 3.07. The van der Waals surface area contributed by atoms with Gasteiger partial charge in [-0.2, -0.15) is 0 Å². The van der Waals surface area contributed by atoms with Crippen molar-refractivity contribution in [1.82, 2.24) is 4.98 Å². The Kier molecular flexibility index (Phi) is 4.72. The first-order chi connectivity index (χ1) is 14.0. The van der Waals surface area contributed by atoms with E-state index in [1.54, 1.807) is 12.1 Å². The molecule has 1 amide bonds. The lowest BCUT2D eigenvalue weighted by Crippen LogP contribution is -2.30. The molecule has 5 heteroatoms. The van der Waals surface area contributed by atoms with Crippen molar-refractivity contribution in [2.75, 3.05) is 4.90 Å². The van der Waals surface area contributed by atoms with Gasteiger partial charge in [-0.25, -0.2) is 0 Å². The van der Waals surface area contributed by atoms with E-state index in [0.717, 1.165) is 16.7 Å². The maximum Gasteiger partial charge on any atom is 0.300 e. The number of carbonyl (C=O) groups excluding carboxylic acids is 2. The Morgan fingerprint density at radius 3 is 2.38 bits per heavy atom. The van der Waals surface area contributed by atoms with Gasteiger partial charge in [-0.3, -0.25) is 19.5 Å². The van der Waals surface area contributed by atoms with Gasteiger partial charge in [0.05, 0.1) is 11.6 Å².